The molecule has 2 amide bonds. The number of amides is 2. The lowest BCUT2D eigenvalue weighted by Gasteiger charge is -2.37. The second kappa shape index (κ2) is 7.01. The molecule has 4 nitrogen and oxygen atoms in total. The number of aryl methyl sites for hydroxylation is 1. The van der Waals surface area contributed by atoms with Crippen molar-refractivity contribution in [3.05, 3.63) is 70.8 Å². The zero-order valence-electron chi connectivity index (χ0n) is 17.1. The summed E-state index contributed by atoms with van der Waals surface area (Å²) in [6.07, 6.45) is 4.56. The molecule has 5 rings (SSSR count). The summed E-state index contributed by atoms with van der Waals surface area (Å²) in [5, 5.41) is 0. The molecule has 150 valence electrons. The van der Waals surface area contributed by atoms with Gasteiger partial charge in [-0.1, -0.05) is 48.5 Å². The first kappa shape index (κ1) is 18.4. The Morgan fingerprint density at radius 3 is 2.55 bits per heavy atom. The van der Waals surface area contributed by atoms with Gasteiger partial charge in [0.2, 0.25) is 11.8 Å². The molecule has 2 aromatic rings. The molecule has 2 unspecified atom stereocenters. The van der Waals surface area contributed by atoms with E-state index in [0.717, 1.165) is 44.3 Å². The van der Waals surface area contributed by atoms with Crippen LogP contribution in [0.1, 0.15) is 54.5 Å². The number of benzene rings is 2. The highest BCUT2D eigenvalue weighted by molar-refractivity contribution is 5.80. The Labute approximate surface area is 172 Å². The highest BCUT2D eigenvalue weighted by Gasteiger charge is 2.45. The summed E-state index contributed by atoms with van der Waals surface area (Å²) in [6.45, 7) is 3.95. The normalized spacial score (nSPS) is 25.2. The molecule has 0 radical (unpaired) electrons. The molecule has 2 atom stereocenters. The molecule has 0 N–H and O–H groups in total. The number of hydrogen-bond acceptors (Lipinski definition) is 2. The Morgan fingerprint density at radius 1 is 0.966 bits per heavy atom. The smallest absolute Gasteiger partial charge is 0.225 e. The topological polar surface area (TPSA) is 40.6 Å². The second-order valence-corrected chi connectivity index (χ2v) is 8.88. The van der Waals surface area contributed by atoms with Crippen molar-refractivity contribution in [3.63, 3.8) is 0 Å². The van der Waals surface area contributed by atoms with Gasteiger partial charge in [0, 0.05) is 32.0 Å². The van der Waals surface area contributed by atoms with Crippen molar-refractivity contribution in [2.75, 3.05) is 19.6 Å². The molecule has 0 bridgehead atoms. The average Bonchev–Trinajstić information content (AvgIpc) is 3.33. The minimum Gasteiger partial charge on any atom is -0.342 e. The molecule has 1 aliphatic carbocycles. The van der Waals surface area contributed by atoms with E-state index < -0.39 is 0 Å². The van der Waals surface area contributed by atoms with Gasteiger partial charge in [-0.05, 0) is 47.9 Å². The molecule has 1 spiro atoms. The third kappa shape index (κ3) is 3.06. The van der Waals surface area contributed by atoms with Crippen LogP contribution in [0.25, 0.3) is 0 Å². The van der Waals surface area contributed by atoms with Gasteiger partial charge in [-0.3, -0.25) is 9.59 Å². The SMILES string of the molecule is CC(=O)N1CCc2ccccc2C1CC(=O)N1CCC2(CCc3ccccc32)C1. The van der Waals surface area contributed by atoms with Crippen molar-refractivity contribution in [2.45, 2.75) is 50.5 Å². The summed E-state index contributed by atoms with van der Waals surface area (Å²) >= 11 is 0. The van der Waals surface area contributed by atoms with Crippen molar-refractivity contribution < 1.29 is 9.59 Å². The third-order valence-corrected chi connectivity index (χ3v) is 7.35. The first-order chi connectivity index (χ1) is 14.1. The van der Waals surface area contributed by atoms with Gasteiger partial charge in [0.25, 0.3) is 0 Å². The van der Waals surface area contributed by atoms with Crippen LogP contribution >= 0.6 is 0 Å². The lowest BCUT2D eigenvalue weighted by atomic mass is 9.81. The monoisotopic (exact) mass is 388 g/mol. The van der Waals surface area contributed by atoms with Crippen LogP contribution in [0.2, 0.25) is 0 Å². The summed E-state index contributed by atoms with van der Waals surface area (Å²) in [4.78, 5) is 29.5. The molecule has 2 aromatic carbocycles. The molecule has 4 heteroatoms. The van der Waals surface area contributed by atoms with E-state index in [4.69, 9.17) is 0 Å². The molecule has 3 aliphatic rings. The van der Waals surface area contributed by atoms with E-state index in [2.05, 4.69) is 41.3 Å². The van der Waals surface area contributed by atoms with Gasteiger partial charge in [0.1, 0.15) is 0 Å². The molecule has 1 saturated heterocycles. The highest BCUT2D eigenvalue weighted by atomic mass is 16.2. The van der Waals surface area contributed by atoms with Gasteiger partial charge >= 0.3 is 0 Å². The lowest BCUT2D eigenvalue weighted by molar-refractivity contribution is -0.136. The van der Waals surface area contributed by atoms with Crippen molar-refractivity contribution >= 4 is 11.8 Å². The van der Waals surface area contributed by atoms with Gasteiger partial charge in [-0.25, -0.2) is 0 Å². The second-order valence-electron chi connectivity index (χ2n) is 8.88. The van der Waals surface area contributed by atoms with E-state index in [0.29, 0.717) is 13.0 Å². The van der Waals surface area contributed by atoms with Gasteiger partial charge in [0.05, 0.1) is 12.5 Å². The molecule has 29 heavy (non-hydrogen) atoms. The Balaban J connectivity index is 1.36. The van der Waals surface area contributed by atoms with Crippen LogP contribution in [-0.4, -0.2) is 41.2 Å². The standard InChI is InChI=1S/C25H28N2O2/c1-18(28)27-14-11-19-6-2-4-8-21(19)23(27)16-24(29)26-15-13-25(17-26)12-10-20-7-3-5-9-22(20)25/h2-9,23H,10-17H2,1H3. The molecule has 2 heterocycles. The Bertz CT molecular complexity index is 969. The maximum Gasteiger partial charge on any atom is 0.225 e. The maximum absolute atomic E-state index is 13.3. The largest absolute Gasteiger partial charge is 0.342 e. The summed E-state index contributed by atoms with van der Waals surface area (Å²) in [7, 11) is 0. The van der Waals surface area contributed by atoms with Crippen LogP contribution in [0.3, 0.4) is 0 Å². The van der Waals surface area contributed by atoms with Gasteiger partial charge < -0.3 is 9.80 Å². The van der Waals surface area contributed by atoms with Crippen LogP contribution in [0.15, 0.2) is 48.5 Å². The predicted molar refractivity (Wildman–Crippen MR) is 113 cm³/mol. The number of hydrogen-bond donors (Lipinski definition) is 0. The van der Waals surface area contributed by atoms with Crippen LogP contribution in [-0.2, 0) is 27.8 Å². The summed E-state index contributed by atoms with van der Waals surface area (Å²) in [5.74, 6) is 0.235. The number of nitrogens with zero attached hydrogens (tertiary/aromatic N) is 2. The van der Waals surface area contributed by atoms with E-state index >= 15 is 0 Å². The zero-order chi connectivity index (χ0) is 20.0. The molecular formula is C25H28N2O2. The van der Waals surface area contributed by atoms with Crippen molar-refractivity contribution in [1.29, 1.82) is 0 Å². The number of fused-ring (bicyclic) bond motifs is 3. The van der Waals surface area contributed by atoms with Gasteiger partial charge in [0.15, 0.2) is 0 Å². The van der Waals surface area contributed by atoms with Crippen LogP contribution in [0.4, 0.5) is 0 Å². The fraction of sp³-hybridized carbons (Fsp3) is 0.440. The van der Waals surface area contributed by atoms with E-state index in [1.54, 1.807) is 6.92 Å². The van der Waals surface area contributed by atoms with Crippen molar-refractivity contribution in [3.8, 4) is 0 Å². The third-order valence-electron chi connectivity index (χ3n) is 7.35. The van der Waals surface area contributed by atoms with Gasteiger partial charge in [-0.2, -0.15) is 0 Å². The zero-order valence-corrected chi connectivity index (χ0v) is 17.1. The molecular weight excluding hydrogens is 360 g/mol. The van der Waals surface area contributed by atoms with E-state index in [-0.39, 0.29) is 23.3 Å². The van der Waals surface area contributed by atoms with E-state index in [1.165, 1.54) is 16.7 Å². The first-order valence-electron chi connectivity index (χ1n) is 10.8. The van der Waals surface area contributed by atoms with E-state index in [9.17, 15) is 9.59 Å². The van der Waals surface area contributed by atoms with E-state index in [1.807, 2.05) is 17.0 Å². The molecule has 1 fully saturated rings. The van der Waals surface area contributed by atoms with Gasteiger partial charge in [-0.15, -0.1) is 0 Å². The van der Waals surface area contributed by atoms with Crippen LogP contribution in [0, 0.1) is 0 Å². The Hall–Kier alpha value is -2.62. The summed E-state index contributed by atoms with van der Waals surface area (Å²) < 4.78 is 0. The summed E-state index contributed by atoms with van der Waals surface area (Å²) in [6, 6.07) is 16.9. The number of carbonyl (C=O) groups is 2. The Kier molecular flexibility index (Phi) is 4.45. The fourth-order valence-electron chi connectivity index (χ4n) is 5.82. The van der Waals surface area contributed by atoms with Crippen LogP contribution < -0.4 is 0 Å². The number of rotatable bonds is 2. The fourth-order valence-corrected chi connectivity index (χ4v) is 5.82. The minimum absolute atomic E-state index is 0.0555. The lowest BCUT2D eigenvalue weighted by Crippen LogP contribution is -2.42. The molecule has 2 aliphatic heterocycles. The molecule has 0 aromatic heterocycles. The maximum atomic E-state index is 13.3. The average molecular weight is 389 g/mol. The number of carbonyl (C=O) groups excluding carboxylic acids is 2. The minimum atomic E-state index is -0.141. The highest BCUT2D eigenvalue weighted by Crippen LogP contribution is 2.45. The molecule has 0 saturated carbocycles. The predicted octanol–water partition coefficient (Wildman–Crippen LogP) is 3.64. The number of likely N-dealkylation sites (tertiary alicyclic amines) is 1. The first-order valence-corrected chi connectivity index (χ1v) is 10.8. The Morgan fingerprint density at radius 2 is 1.72 bits per heavy atom. The van der Waals surface area contributed by atoms with Crippen LogP contribution in [0.5, 0.6) is 0 Å². The van der Waals surface area contributed by atoms with Crippen molar-refractivity contribution in [2.24, 2.45) is 0 Å². The van der Waals surface area contributed by atoms with Crippen molar-refractivity contribution in [1.82, 2.24) is 9.80 Å². The summed E-state index contributed by atoms with van der Waals surface area (Å²) in [5.41, 5.74) is 5.44. The quantitative estimate of drug-likeness (QED) is 0.788.